The molecule has 12 heavy (non-hydrogen) atoms. The van der Waals surface area contributed by atoms with E-state index in [1.54, 1.807) is 0 Å². The van der Waals surface area contributed by atoms with Crippen molar-refractivity contribution in [2.75, 3.05) is 13.2 Å². The molecule has 72 valence electrons. The first kappa shape index (κ1) is 11.5. The van der Waals surface area contributed by atoms with Crippen LogP contribution in [-0.4, -0.2) is 57.7 Å². The lowest BCUT2D eigenvalue weighted by Crippen LogP contribution is -2.45. The standard InChI is InChI=1S/C6H13NO5/c7-1-3(9)5(11)6(12)4(10)2-8/h4-6,8,10-12H,1-2,7H2/t4-,5+,6+/m1/s1. The lowest BCUT2D eigenvalue weighted by atomic mass is 10.1. The number of carbonyl (C=O) groups is 1. The van der Waals surface area contributed by atoms with Crippen molar-refractivity contribution in [3.8, 4) is 0 Å². The van der Waals surface area contributed by atoms with Crippen LogP contribution in [0.4, 0.5) is 0 Å². The van der Waals surface area contributed by atoms with E-state index in [1.807, 2.05) is 0 Å². The second kappa shape index (κ2) is 5.18. The summed E-state index contributed by atoms with van der Waals surface area (Å²) in [5, 5.41) is 35.0. The van der Waals surface area contributed by atoms with E-state index in [0.717, 1.165) is 0 Å². The summed E-state index contributed by atoms with van der Waals surface area (Å²) in [7, 11) is 0. The molecule has 0 spiro atoms. The highest BCUT2D eigenvalue weighted by atomic mass is 16.4. The largest absolute Gasteiger partial charge is 0.394 e. The number of aliphatic hydroxyl groups excluding tert-OH is 4. The summed E-state index contributed by atoms with van der Waals surface area (Å²) < 4.78 is 0. The van der Waals surface area contributed by atoms with Crippen molar-refractivity contribution < 1.29 is 25.2 Å². The highest BCUT2D eigenvalue weighted by Gasteiger charge is 2.28. The van der Waals surface area contributed by atoms with Crippen LogP contribution >= 0.6 is 0 Å². The maximum atomic E-state index is 10.6. The van der Waals surface area contributed by atoms with E-state index in [0.29, 0.717) is 0 Å². The molecule has 0 saturated heterocycles. The molecule has 3 atom stereocenters. The Bertz CT molecular complexity index is 151. The second-order valence-electron chi connectivity index (χ2n) is 2.36. The highest BCUT2D eigenvalue weighted by Crippen LogP contribution is 2.00. The van der Waals surface area contributed by atoms with Crippen molar-refractivity contribution in [3.05, 3.63) is 0 Å². The first-order valence-corrected chi connectivity index (χ1v) is 3.42. The monoisotopic (exact) mass is 179 g/mol. The molecular weight excluding hydrogens is 166 g/mol. The average molecular weight is 179 g/mol. The molecule has 0 aliphatic carbocycles. The van der Waals surface area contributed by atoms with E-state index in [4.69, 9.17) is 26.2 Å². The SMILES string of the molecule is NCC(=O)[C@H](O)[C@@H](O)[C@H](O)CO. The van der Waals surface area contributed by atoms with Gasteiger partial charge in [-0.05, 0) is 0 Å². The Hall–Kier alpha value is -0.530. The molecule has 6 heteroatoms. The van der Waals surface area contributed by atoms with Gasteiger partial charge in [0.05, 0.1) is 13.2 Å². The van der Waals surface area contributed by atoms with Gasteiger partial charge in [0, 0.05) is 0 Å². The van der Waals surface area contributed by atoms with Crippen molar-refractivity contribution in [1.29, 1.82) is 0 Å². The fraction of sp³-hybridized carbons (Fsp3) is 0.833. The lowest BCUT2D eigenvalue weighted by Gasteiger charge is -2.19. The fourth-order valence-electron chi connectivity index (χ4n) is 0.630. The predicted molar refractivity (Wildman–Crippen MR) is 39.2 cm³/mol. The first-order chi connectivity index (χ1) is 5.54. The summed E-state index contributed by atoms with van der Waals surface area (Å²) >= 11 is 0. The summed E-state index contributed by atoms with van der Waals surface area (Å²) in [5.74, 6) is -0.782. The zero-order chi connectivity index (χ0) is 9.72. The zero-order valence-electron chi connectivity index (χ0n) is 6.42. The van der Waals surface area contributed by atoms with E-state index in [9.17, 15) is 4.79 Å². The molecule has 0 aliphatic rings. The number of rotatable bonds is 5. The van der Waals surface area contributed by atoms with Crippen LogP contribution in [-0.2, 0) is 4.79 Å². The van der Waals surface area contributed by atoms with Gasteiger partial charge in [-0.1, -0.05) is 0 Å². The quantitative estimate of drug-likeness (QED) is 0.299. The molecule has 0 radical (unpaired) electrons. The van der Waals surface area contributed by atoms with E-state index in [1.165, 1.54) is 0 Å². The van der Waals surface area contributed by atoms with Gasteiger partial charge < -0.3 is 26.2 Å². The lowest BCUT2D eigenvalue weighted by molar-refractivity contribution is -0.138. The second-order valence-corrected chi connectivity index (χ2v) is 2.36. The summed E-state index contributed by atoms with van der Waals surface area (Å²) in [5.41, 5.74) is 4.89. The van der Waals surface area contributed by atoms with Gasteiger partial charge in [0.15, 0.2) is 5.78 Å². The van der Waals surface area contributed by atoms with Crippen molar-refractivity contribution in [2.24, 2.45) is 5.73 Å². The predicted octanol–water partition coefficient (Wildman–Crippen LogP) is -3.41. The Balaban J connectivity index is 4.08. The molecule has 0 heterocycles. The van der Waals surface area contributed by atoms with E-state index in [2.05, 4.69) is 0 Å². The molecule has 0 aromatic carbocycles. The Labute approximate surface area is 69.2 Å². The van der Waals surface area contributed by atoms with Crippen molar-refractivity contribution in [2.45, 2.75) is 18.3 Å². The minimum Gasteiger partial charge on any atom is -0.394 e. The molecule has 0 unspecified atom stereocenters. The minimum absolute atomic E-state index is 0.420. The maximum Gasteiger partial charge on any atom is 0.177 e. The van der Waals surface area contributed by atoms with E-state index in [-0.39, 0.29) is 0 Å². The number of aliphatic hydroxyl groups is 4. The van der Waals surface area contributed by atoms with Gasteiger partial charge in [-0.3, -0.25) is 4.79 Å². The Morgan fingerprint density at radius 2 is 1.83 bits per heavy atom. The smallest absolute Gasteiger partial charge is 0.177 e. The third-order valence-electron chi connectivity index (χ3n) is 1.44. The van der Waals surface area contributed by atoms with Gasteiger partial charge in [0.25, 0.3) is 0 Å². The summed E-state index contributed by atoms with van der Waals surface area (Å²) in [6.07, 6.45) is -4.96. The third kappa shape index (κ3) is 2.84. The van der Waals surface area contributed by atoms with Gasteiger partial charge >= 0.3 is 0 Å². The summed E-state index contributed by atoms with van der Waals surface area (Å²) in [4.78, 5) is 10.6. The molecule has 0 aromatic heterocycles. The Morgan fingerprint density at radius 3 is 2.17 bits per heavy atom. The van der Waals surface area contributed by atoms with E-state index >= 15 is 0 Å². The van der Waals surface area contributed by atoms with Crippen LogP contribution in [0.25, 0.3) is 0 Å². The average Bonchev–Trinajstić information content (AvgIpc) is 2.12. The first-order valence-electron chi connectivity index (χ1n) is 3.42. The number of carbonyl (C=O) groups excluding carboxylic acids is 1. The topological polar surface area (TPSA) is 124 Å². The number of hydrogen-bond acceptors (Lipinski definition) is 6. The van der Waals surface area contributed by atoms with Gasteiger partial charge in [-0.25, -0.2) is 0 Å². The number of ketones is 1. The molecule has 0 saturated carbocycles. The van der Waals surface area contributed by atoms with Crippen LogP contribution in [0.1, 0.15) is 0 Å². The van der Waals surface area contributed by atoms with Crippen LogP contribution in [0.5, 0.6) is 0 Å². The van der Waals surface area contributed by atoms with Gasteiger partial charge in [-0.2, -0.15) is 0 Å². The molecule has 0 aromatic rings. The highest BCUT2D eigenvalue weighted by molar-refractivity contribution is 5.85. The van der Waals surface area contributed by atoms with Crippen molar-refractivity contribution in [3.63, 3.8) is 0 Å². The molecule has 0 fully saturated rings. The fourth-order valence-corrected chi connectivity index (χ4v) is 0.630. The van der Waals surface area contributed by atoms with Crippen molar-refractivity contribution >= 4 is 5.78 Å². The molecule has 0 bridgehead atoms. The number of Topliss-reactive ketones (excluding diaryl/α,β-unsaturated/α-hetero) is 1. The zero-order valence-corrected chi connectivity index (χ0v) is 6.42. The molecule has 6 N–H and O–H groups in total. The molecule has 6 nitrogen and oxygen atoms in total. The molecule has 0 rings (SSSR count). The molecule has 0 aliphatic heterocycles. The van der Waals surface area contributed by atoms with Crippen LogP contribution < -0.4 is 5.73 Å². The van der Waals surface area contributed by atoms with Crippen LogP contribution in [0.2, 0.25) is 0 Å². The summed E-state index contributed by atoms with van der Waals surface area (Å²) in [6.45, 7) is -1.15. The van der Waals surface area contributed by atoms with Gasteiger partial charge in [-0.15, -0.1) is 0 Å². The van der Waals surface area contributed by atoms with Crippen molar-refractivity contribution in [1.82, 2.24) is 0 Å². The Kier molecular flexibility index (Phi) is 4.95. The summed E-state index contributed by atoms with van der Waals surface area (Å²) in [6, 6.07) is 0. The maximum absolute atomic E-state index is 10.6. The van der Waals surface area contributed by atoms with Crippen LogP contribution in [0.15, 0.2) is 0 Å². The normalized spacial score (nSPS) is 18.4. The minimum atomic E-state index is -1.74. The third-order valence-corrected chi connectivity index (χ3v) is 1.44. The Morgan fingerprint density at radius 1 is 1.33 bits per heavy atom. The van der Waals surface area contributed by atoms with E-state index < -0.39 is 37.2 Å². The molecule has 0 amide bonds. The van der Waals surface area contributed by atoms with Crippen LogP contribution in [0, 0.1) is 0 Å². The van der Waals surface area contributed by atoms with Crippen LogP contribution in [0.3, 0.4) is 0 Å². The van der Waals surface area contributed by atoms with Gasteiger partial charge in [0.2, 0.25) is 0 Å². The molecular formula is C6H13NO5. The van der Waals surface area contributed by atoms with Gasteiger partial charge in [0.1, 0.15) is 18.3 Å². The number of hydrogen-bond donors (Lipinski definition) is 5. The number of nitrogens with two attached hydrogens (primary N) is 1.